The van der Waals surface area contributed by atoms with Gasteiger partial charge in [0.15, 0.2) is 0 Å². The minimum Gasteiger partial charge on any atom is -0.361 e. The second-order valence-corrected chi connectivity index (χ2v) is 7.47. The van der Waals surface area contributed by atoms with E-state index in [-0.39, 0.29) is 17.9 Å². The van der Waals surface area contributed by atoms with E-state index in [0.29, 0.717) is 16.6 Å². The Morgan fingerprint density at radius 1 is 1.32 bits per heavy atom. The molecular weight excluding hydrogens is 357 g/mol. The van der Waals surface area contributed by atoms with Crippen LogP contribution in [-0.4, -0.2) is 41.5 Å². The molecule has 2 atom stereocenters. The van der Waals surface area contributed by atoms with Crippen LogP contribution < -0.4 is 5.32 Å². The summed E-state index contributed by atoms with van der Waals surface area (Å²) in [5.74, 6) is -0.00514. The summed E-state index contributed by atoms with van der Waals surface area (Å²) in [7, 11) is 0. The number of aromatic nitrogens is 1. The van der Waals surface area contributed by atoms with Gasteiger partial charge in [-0.15, -0.1) is 0 Å². The first-order chi connectivity index (χ1) is 12.0. The molecule has 132 valence electrons. The molecule has 0 radical (unpaired) electrons. The van der Waals surface area contributed by atoms with E-state index in [1.807, 2.05) is 31.0 Å². The van der Waals surface area contributed by atoms with Gasteiger partial charge in [0.05, 0.1) is 16.0 Å². The summed E-state index contributed by atoms with van der Waals surface area (Å²) in [6, 6.07) is 2.05. The Bertz CT molecular complexity index is 882. The second-order valence-electron chi connectivity index (χ2n) is 6.69. The Morgan fingerprint density at radius 2 is 2.08 bits per heavy atom. The number of aromatic amines is 1. The molecule has 0 spiro atoms. The molecule has 1 aromatic carbocycles. The van der Waals surface area contributed by atoms with Crippen LogP contribution in [0.5, 0.6) is 0 Å². The van der Waals surface area contributed by atoms with Crippen LogP contribution in [-0.2, 0) is 11.2 Å². The Kier molecular flexibility index (Phi) is 4.30. The van der Waals surface area contributed by atoms with Crippen molar-refractivity contribution >= 4 is 45.6 Å². The summed E-state index contributed by atoms with van der Waals surface area (Å²) in [5, 5.41) is 5.79. The highest BCUT2D eigenvalue weighted by Gasteiger charge is 2.35. The number of fused-ring (bicyclic) bond motifs is 2. The molecule has 25 heavy (non-hydrogen) atoms. The predicted octanol–water partition coefficient (Wildman–Crippen LogP) is 3.87. The van der Waals surface area contributed by atoms with Crippen LogP contribution in [0.25, 0.3) is 16.5 Å². The average molecular weight is 378 g/mol. The van der Waals surface area contributed by atoms with Crippen molar-refractivity contribution in [1.82, 2.24) is 15.2 Å². The number of benzene rings is 1. The molecule has 0 saturated heterocycles. The van der Waals surface area contributed by atoms with Crippen molar-refractivity contribution < 1.29 is 4.79 Å². The number of hydrogen-bond donors (Lipinski definition) is 2. The minimum atomic E-state index is -0.170. The number of carbonyl (C=O) groups is 1. The number of H-pyrrole nitrogens is 1. The van der Waals surface area contributed by atoms with E-state index in [1.54, 1.807) is 0 Å². The topological polar surface area (TPSA) is 48.1 Å². The SMILES string of the molecule is CCN(CC)C(=O)C1C=C2c3c(Cl)c(Cl)cc4[nH]cc(c34)CC2NC1. The van der Waals surface area contributed by atoms with Crippen molar-refractivity contribution in [2.75, 3.05) is 19.6 Å². The number of nitrogens with one attached hydrogen (secondary N) is 2. The van der Waals surface area contributed by atoms with Crippen molar-refractivity contribution in [2.45, 2.75) is 26.3 Å². The molecule has 2 N–H and O–H groups in total. The molecule has 2 aliphatic rings. The third-order valence-corrected chi connectivity index (χ3v) is 6.18. The number of amides is 1. The van der Waals surface area contributed by atoms with Gasteiger partial charge < -0.3 is 15.2 Å². The van der Waals surface area contributed by atoms with Crippen molar-refractivity contribution in [1.29, 1.82) is 0 Å². The summed E-state index contributed by atoms with van der Waals surface area (Å²) >= 11 is 12.9. The minimum absolute atomic E-state index is 0.165. The zero-order valence-electron chi connectivity index (χ0n) is 14.3. The molecule has 4 nitrogen and oxygen atoms in total. The molecule has 6 heteroatoms. The van der Waals surface area contributed by atoms with Gasteiger partial charge in [-0.05, 0) is 37.5 Å². The van der Waals surface area contributed by atoms with Crippen molar-refractivity contribution in [2.24, 2.45) is 5.92 Å². The van der Waals surface area contributed by atoms with Gasteiger partial charge in [0.1, 0.15) is 0 Å². The van der Waals surface area contributed by atoms with Crippen LogP contribution in [0.4, 0.5) is 0 Å². The molecule has 1 amide bonds. The van der Waals surface area contributed by atoms with E-state index in [2.05, 4.69) is 16.4 Å². The highest BCUT2D eigenvalue weighted by atomic mass is 35.5. The third kappa shape index (κ3) is 2.59. The van der Waals surface area contributed by atoms with Gasteiger partial charge in [-0.2, -0.15) is 0 Å². The average Bonchev–Trinajstić information content (AvgIpc) is 3.01. The lowest BCUT2D eigenvalue weighted by Crippen LogP contribution is -2.46. The monoisotopic (exact) mass is 377 g/mol. The fourth-order valence-electron chi connectivity index (χ4n) is 4.10. The van der Waals surface area contributed by atoms with Crippen molar-refractivity contribution in [3.05, 3.63) is 39.5 Å². The summed E-state index contributed by atoms with van der Waals surface area (Å²) in [4.78, 5) is 18.0. The van der Waals surface area contributed by atoms with Gasteiger partial charge in [0.25, 0.3) is 0 Å². The molecule has 0 saturated carbocycles. The molecule has 2 aromatic rings. The van der Waals surface area contributed by atoms with E-state index < -0.39 is 0 Å². The smallest absolute Gasteiger partial charge is 0.230 e. The van der Waals surface area contributed by atoms with Crippen LogP contribution in [0.2, 0.25) is 10.0 Å². The van der Waals surface area contributed by atoms with Crippen LogP contribution in [0.3, 0.4) is 0 Å². The summed E-state index contributed by atoms with van der Waals surface area (Å²) in [6.07, 6.45) is 5.03. The first-order valence-electron chi connectivity index (χ1n) is 8.77. The maximum Gasteiger partial charge on any atom is 0.230 e. The normalized spacial score (nSPS) is 21.8. The summed E-state index contributed by atoms with van der Waals surface area (Å²) in [5.41, 5.74) is 4.31. The molecular formula is C19H21Cl2N3O. The Morgan fingerprint density at radius 3 is 2.80 bits per heavy atom. The van der Waals surface area contributed by atoms with Crippen molar-refractivity contribution in [3.8, 4) is 0 Å². The van der Waals surface area contributed by atoms with Crippen molar-refractivity contribution in [3.63, 3.8) is 0 Å². The maximum absolute atomic E-state index is 12.8. The van der Waals surface area contributed by atoms with E-state index in [1.165, 1.54) is 5.56 Å². The molecule has 2 unspecified atom stereocenters. The van der Waals surface area contributed by atoms with Gasteiger partial charge in [0, 0.05) is 48.3 Å². The maximum atomic E-state index is 12.8. The lowest BCUT2D eigenvalue weighted by molar-refractivity contribution is -0.133. The molecule has 4 rings (SSSR count). The van der Waals surface area contributed by atoms with Gasteiger partial charge in [0.2, 0.25) is 5.91 Å². The first-order valence-corrected chi connectivity index (χ1v) is 9.52. The lowest BCUT2D eigenvalue weighted by Gasteiger charge is -2.35. The van der Waals surface area contributed by atoms with E-state index in [0.717, 1.165) is 41.5 Å². The lowest BCUT2D eigenvalue weighted by atomic mass is 9.80. The molecule has 2 heterocycles. The first kappa shape index (κ1) is 17.0. The predicted molar refractivity (Wildman–Crippen MR) is 103 cm³/mol. The Hall–Kier alpha value is -1.49. The highest BCUT2D eigenvalue weighted by Crippen LogP contribution is 2.45. The van der Waals surface area contributed by atoms with Crippen LogP contribution in [0, 0.1) is 5.92 Å². The van der Waals surface area contributed by atoms with Crippen LogP contribution in [0.1, 0.15) is 25.0 Å². The zero-order chi connectivity index (χ0) is 17.7. The number of halogens is 2. The fourth-order valence-corrected chi connectivity index (χ4v) is 4.56. The van der Waals surface area contributed by atoms with Crippen LogP contribution in [0.15, 0.2) is 18.3 Å². The zero-order valence-corrected chi connectivity index (χ0v) is 15.8. The van der Waals surface area contributed by atoms with E-state index in [9.17, 15) is 4.79 Å². The number of nitrogens with zero attached hydrogens (tertiary/aromatic N) is 1. The molecule has 1 aliphatic carbocycles. The molecule has 1 aromatic heterocycles. The van der Waals surface area contributed by atoms with Gasteiger partial charge in [-0.3, -0.25) is 4.79 Å². The third-order valence-electron chi connectivity index (χ3n) is 5.39. The van der Waals surface area contributed by atoms with Crippen LogP contribution >= 0.6 is 23.2 Å². The molecule has 1 aliphatic heterocycles. The van der Waals surface area contributed by atoms with Gasteiger partial charge >= 0.3 is 0 Å². The number of hydrogen-bond acceptors (Lipinski definition) is 2. The molecule has 0 bridgehead atoms. The summed E-state index contributed by atoms with van der Waals surface area (Å²) < 4.78 is 0. The van der Waals surface area contributed by atoms with E-state index in [4.69, 9.17) is 23.2 Å². The Labute approximate surface area is 157 Å². The quantitative estimate of drug-likeness (QED) is 0.852. The summed E-state index contributed by atoms with van der Waals surface area (Å²) in [6.45, 7) is 6.13. The highest BCUT2D eigenvalue weighted by molar-refractivity contribution is 6.44. The standard InChI is InChI=1S/C19H21Cl2N3O/c1-3-24(4-2)19(25)11-5-12-14(22-9-11)6-10-8-23-15-7-13(20)18(21)17(12)16(10)15/h5,7-8,11,14,22-23H,3-4,6,9H2,1-2H3. The fraction of sp³-hybridized carbons (Fsp3) is 0.421. The number of rotatable bonds is 3. The Balaban J connectivity index is 1.85. The largest absolute Gasteiger partial charge is 0.361 e. The van der Waals surface area contributed by atoms with Gasteiger partial charge in [-0.25, -0.2) is 0 Å². The van der Waals surface area contributed by atoms with E-state index >= 15 is 0 Å². The molecule has 0 fully saturated rings. The second kappa shape index (κ2) is 6.35. The number of carbonyl (C=O) groups excluding carboxylic acids is 1. The van der Waals surface area contributed by atoms with Gasteiger partial charge in [-0.1, -0.05) is 29.3 Å².